The van der Waals surface area contributed by atoms with E-state index in [2.05, 4.69) is 5.10 Å². The lowest BCUT2D eigenvalue weighted by atomic mass is 10.2. The summed E-state index contributed by atoms with van der Waals surface area (Å²) in [5.41, 5.74) is 4.44. The van der Waals surface area contributed by atoms with Crippen LogP contribution in [0.3, 0.4) is 0 Å². The molecule has 1 aromatic rings. The van der Waals surface area contributed by atoms with E-state index in [1.54, 1.807) is 6.92 Å². The Kier molecular flexibility index (Phi) is 3.33. The van der Waals surface area contributed by atoms with Crippen LogP contribution in [0.5, 0.6) is 0 Å². The van der Waals surface area contributed by atoms with Crippen LogP contribution in [0, 0.1) is 5.92 Å². The van der Waals surface area contributed by atoms with Gasteiger partial charge >= 0.3 is 6.18 Å². The van der Waals surface area contributed by atoms with Gasteiger partial charge < -0.3 is 5.73 Å². The summed E-state index contributed by atoms with van der Waals surface area (Å²) in [5, 5.41) is 3.38. The third-order valence-electron chi connectivity index (χ3n) is 1.88. The minimum Gasteiger partial charge on any atom is -0.393 e. The minimum absolute atomic E-state index is 0.180. The Morgan fingerprint density at radius 2 is 2.27 bits per heavy atom. The van der Waals surface area contributed by atoms with Crippen LogP contribution in [-0.4, -0.2) is 14.8 Å². The van der Waals surface area contributed by atoms with E-state index in [-0.39, 0.29) is 17.5 Å². The molecule has 0 spiro atoms. The number of rotatable bonds is 3. The fourth-order valence-electron chi connectivity index (χ4n) is 0.985. The standard InChI is InChI=1S/C8H10F3N3S/c1-5(7(12)15)4-14-3-2-6(13-14)8(9,10)11/h2-3,5H,4H2,1H3,(H2,12,15). The first-order chi connectivity index (χ1) is 6.80. The molecule has 0 radical (unpaired) electrons. The topological polar surface area (TPSA) is 43.8 Å². The predicted molar refractivity (Wildman–Crippen MR) is 53.2 cm³/mol. The lowest BCUT2D eigenvalue weighted by Crippen LogP contribution is -2.23. The summed E-state index contributed by atoms with van der Waals surface area (Å²) >= 11 is 4.71. The molecule has 2 N–H and O–H groups in total. The number of nitrogens with zero attached hydrogens (tertiary/aromatic N) is 2. The van der Waals surface area contributed by atoms with Crippen LogP contribution in [0.15, 0.2) is 12.3 Å². The second-order valence-electron chi connectivity index (χ2n) is 3.22. The molecule has 15 heavy (non-hydrogen) atoms. The highest BCUT2D eigenvalue weighted by molar-refractivity contribution is 7.80. The van der Waals surface area contributed by atoms with Crippen LogP contribution in [0.2, 0.25) is 0 Å². The molecule has 1 rings (SSSR count). The number of hydrogen-bond donors (Lipinski definition) is 1. The van der Waals surface area contributed by atoms with Crippen molar-refractivity contribution >= 4 is 17.2 Å². The van der Waals surface area contributed by atoms with E-state index in [9.17, 15) is 13.2 Å². The molecule has 1 unspecified atom stereocenters. The van der Waals surface area contributed by atoms with Crippen molar-refractivity contribution in [3.8, 4) is 0 Å². The quantitative estimate of drug-likeness (QED) is 0.815. The third kappa shape index (κ3) is 3.19. The Labute approximate surface area is 90.1 Å². The Hall–Kier alpha value is -1.11. The highest BCUT2D eigenvalue weighted by Gasteiger charge is 2.33. The predicted octanol–water partition coefficient (Wildman–Crippen LogP) is 1.82. The summed E-state index contributed by atoms with van der Waals surface area (Å²) in [6.07, 6.45) is -3.14. The fourth-order valence-corrected chi connectivity index (χ4v) is 1.06. The van der Waals surface area contributed by atoms with Crippen LogP contribution < -0.4 is 5.73 Å². The average Bonchev–Trinajstić information content (AvgIpc) is 2.51. The summed E-state index contributed by atoms with van der Waals surface area (Å²) in [4.78, 5) is 0.263. The van der Waals surface area contributed by atoms with Crippen molar-refractivity contribution in [2.24, 2.45) is 11.7 Å². The summed E-state index contributed by atoms with van der Waals surface area (Å²) in [6.45, 7) is 1.99. The molecular weight excluding hydrogens is 227 g/mol. The van der Waals surface area contributed by atoms with Gasteiger partial charge in [0.15, 0.2) is 5.69 Å². The van der Waals surface area contributed by atoms with Gasteiger partial charge in [0.05, 0.1) is 4.99 Å². The van der Waals surface area contributed by atoms with E-state index in [0.717, 1.165) is 6.07 Å². The molecule has 1 atom stereocenters. The number of aromatic nitrogens is 2. The van der Waals surface area contributed by atoms with Crippen molar-refractivity contribution in [1.82, 2.24) is 9.78 Å². The van der Waals surface area contributed by atoms with Gasteiger partial charge in [-0.05, 0) is 6.07 Å². The second-order valence-corrected chi connectivity index (χ2v) is 3.70. The number of halogens is 3. The SMILES string of the molecule is CC(Cn1ccc(C(F)(F)F)n1)C(N)=S. The van der Waals surface area contributed by atoms with Gasteiger partial charge in [-0.25, -0.2) is 0 Å². The smallest absolute Gasteiger partial charge is 0.393 e. The molecule has 0 saturated carbocycles. The number of nitrogens with two attached hydrogens (primary N) is 1. The maximum absolute atomic E-state index is 12.2. The molecule has 0 aliphatic heterocycles. The molecule has 84 valence electrons. The highest BCUT2D eigenvalue weighted by atomic mass is 32.1. The van der Waals surface area contributed by atoms with E-state index in [1.165, 1.54) is 10.9 Å². The molecule has 0 aromatic carbocycles. The van der Waals surface area contributed by atoms with E-state index >= 15 is 0 Å². The number of alkyl halides is 3. The van der Waals surface area contributed by atoms with Crippen LogP contribution in [0.4, 0.5) is 13.2 Å². The maximum Gasteiger partial charge on any atom is 0.435 e. The van der Waals surface area contributed by atoms with Gasteiger partial charge in [-0.2, -0.15) is 18.3 Å². The normalized spacial score (nSPS) is 13.9. The van der Waals surface area contributed by atoms with E-state index in [1.807, 2.05) is 0 Å². The van der Waals surface area contributed by atoms with E-state index in [0.29, 0.717) is 0 Å². The number of hydrogen-bond acceptors (Lipinski definition) is 2. The van der Waals surface area contributed by atoms with Crippen LogP contribution in [0.1, 0.15) is 12.6 Å². The molecule has 0 saturated heterocycles. The fraction of sp³-hybridized carbons (Fsp3) is 0.500. The molecule has 0 amide bonds. The molecule has 1 heterocycles. The monoisotopic (exact) mass is 237 g/mol. The first kappa shape index (κ1) is 12.0. The molecule has 7 heteroatoms. The van der Waals surface area contributed by atoms with Crippen molar-refractivity contribution in [2.75, 3.05) is 0 Å². The second kappa shape index (κ2) is 4.18. The Balaban J connectivity index is 2.73. The Morgan fingerprint density at radius 3 is 2.67 bits per heavy atom. The van der Waals surface area contributed by atoms with Crippen LogP contribution >= 0.6 is 12.2 Å². The van der Waals surface area contributed by atoms with E-state index < -0.39 is 11.9 Å². The first-order valence-electron chi connectivity index (χ1n) is 4.20. The third-order valence-corrected chi connectivity index (χ3v) is 2.28. The molecule has 0 fully saturated rings. The zero-order valence-electron chi connectivity index (χ0n) is 7.95. The lowest BCUT2D eigenvalue weighted by Gasteiger charge is -2.09. The Morgan fingerprint density at radius 1 is 1.67 bits per heavy atom. The number of thiocarbonyl (C=S) groups is 1. The van der Waals surface area contributed by atoms with Gasteiger partial charge in [0.25, 0.3) is 0 Å². The maximum atomic E-state index is 12.2. The van der Waals surface area contributed by atoms with Gasteiger partial charge in [-0.1, -0.05) is 19.1 Å². The van der Waals surface area contributed by atoms with Crippen molar-refractivity contribution in [3.05, 3.63) is 18.0 Å². The molecule has 0 aliphatic rings. The zero-order chi connectivity index (χ0) is 11.6. The zero-order valence-corrected chi connectivity index (χ0v) is 8.77. The van der Waals surface area contributed by atoms with Crippen LogP contribution in [0.25, 0.3) is 0 Å². The summed E-state index contributed by atoms with van der Waals surface area (Å²) in [5.74, 6) is -0.180. The first-order valence-corrected chi connectivity index (χ1v) is 4.61. The molecule has 3 nitrogen and oxygen atoms in total. The van der Waals surface area contributed by atoms with Crippen molar-refractivity contribution in [3.63, 3.8) is 0 Å². The average molecular weight is 237 g/mol. The van der Waals surface area contributed by atoms with Gasteiger partial charge in [0.2, 0.25) is 0 Å². The largest absolute Gasteiger partial charge is 0.435 e. The summed E-state index contributed by atoms with van der Waals surface area (Å²) < 4.78 is 37.7. The van der Waals surface area contributed by atoms with Crippen molar-refractivity contribution < 1.29 is 13.2 Å². The summed E-state index contributed by atoms with van der Waals surface area (Å²) in [6, 6.07) is 0.923. The molecule has 0 aliphatic carbocycles. The highest BCUT2D eigenvalue weighted by Crippen LogP contribution is 2.27. The Bertz CT molecular complexity index is 358. The van der Waals surface area contributed by atoms with Gasteiger partial charge in [0.1, 0.15) is 0 Å². The van der Waals surface area contributed by atoms with Gasteiger partial charge in [-0.15, -0.1) is 0 Å². The van der Waals surface area contributed by atoms with Gasteiger partial charge in [-0.3, -0.25) is 4.68 Å². The van der Waals surface area contributed by atoms with Crippen LogP contribution in [-0.2, 0) is 12.7 Å². The molecule has 1 aromatic heterocycles. The molecule has 0 bridgehead atoms. The van der Waals surface area contributed by atoms with Crippen molar-refractivity contribution in [2.45, 2.75) is 19.6 Å². The lowest BCUT2D eigenvalue weighted by molar-refractivity contribution is -0.141. The van der Waals surface area contributed by atoms with E-state index in [4.69, 9.17) is 18.0 Å². The molecular formula is C8H10F3N3S. The summed E-state index contributed by atoms with van der Waals surface area (Å²) in [7, 11) is 0. The van der Waals surface area contributed by atoms with Crippen molar-refractivity contribution in [1.29, 1.82) is 0 Å². The van der Waals surface area contributed by atoms with Gasteiger partial charge in [0, 0.05) is 18.7 Å². The minimum atomic E-state index is -4.41.